The number of ether oxygens (including phenoxy) is 2. The van der Waals surface area contributed by atoms with Gasteiger partial charge < -0.3 is 9.47 Å². The maximum atomic E-state index is 13.9. The first-order valence-corrected chi connectivity index (χ1v) is 8.27. The molecular formula is C12H13ClF2O5S. The van der Waals surface area contributed by atoms with Crippen molar-refractivity contribution in [1.82, 2.24) is 0 Å². The minimum atomic E-state index is -4.44. The van der Waals surface area contributed by atoms with Crippen LogP contribution < -0.4 is 0 Å². The fourth-order valence-corrected chi connectivity index (χ4v) is 2.32. The standard InChI is InChI=1S/C12H13ClF2O5S/c1-2-5-19-6-7-20-12(16)10-8(14)3-4-9(11(10)15)21(13,17)18/h3-4H,2,5-7H2,1H3. The summed E-state index contributed by atoms with van der Waals surface area (Å²) in [6.07, 6.45) is 0.771. The maximum Gasteiger partial charge on any atom is 0.344 e. The minimum absolute atomic E-state index is 0.0658. The SMILES string of the molecule is CCCOCCOC(=O)c1c(F)ccc(S(=O)(=O)Cl)c1F. The van der Waals surface area contributed by atoms with Gasteiger partial charge in [-0.1, -0.05) is 6.92 Å². The Morgan fingerprint density at radius 3 is 2.48 bits per heavy atom. The van der Waals surface area contributed by atoms with Gasteiger partial charge in [0.05, 0.1) is 6.61 Å². The number of carbonyl (C=O) groups excluding carboxylic acids is 1. The average molecular weight is 343 g/mol. The Morgan fingerprint density at radius 2 is 1.90 bits per heavy atom. The van der Waals surface area contributed by atoms with E-state index in [2.05, 4.69) is 4.74 Å². The Balaban J connectivity index is 2.89. The summed E-state index contributed by atoms with van der Waals surface area (Å²) in [4.78, 5) is 10.6. The van der Waals surface area contributed by atoms with E-state index in [0.717, 1.165) is 6.42 Å². The van der Waals surface area contributed by atoms with Crippen molar-refractivity contribution < 1.29 is 31.5 Å². The van der Waals surface area contributed by atoms with Crippen LogP contribution in [0.3, 0.4) is 0 Å². The smallest absolute Gasteiger partial charge is 0.344 e. The monoisotopic (exact) mass is 342 g/mol. The van der Waals surface area contributed by atoms with Crippen molar-refractivity contribution in [2.75, 3.05) is 19.8 Å². The summed E-state index contributed by atoms with van der Waals surface area (Å²) in [5, 5.41) is 0. The lowest BCUT2D eigenvalue weighted by Crippen LogP contribution is -2.15. The zero-order chi connectivity index (χ0) is 16.0. The van der Waals surface area contributed by atoms with Gasteiger partial charge in [-0.25, -0.2) is 22.0 Å². The Morgan fingerprint density at radius 1 is 1.24 bits per heavy atom. The van der Waals surface area contributed by atoms with Gasteiger partial charge in [0.2, 0.25) is 0 Å². The summed E-state index contributed by atoms with van der Waals surface area (Å²) < 4.78 is 59.2. The molecule has 21 heavy (non-hydrogen) atoms. The highest BCUT2D eigenvalue weighted by atomic mass is 35.7. The Labute approximate surface area is 125 Å². The van der Waals surface area contributed by atoms with Crippen LogP contribution in [0.15, 0.2) is 17.0 Å². The molecule has 9 heteroatoms. The molecular weight excluding hydrogens is 330 g/mol. The van der Waals surface area contributed by atoms with E-state index >= 15 is 0 Å². The fourth-order valence-electron chi connectivity index (χ4n) is 1.42. The van der Waals surface area contributed by atoms with E-state index in [4.69, 9.17) is 15.4 Å². The van der Waals surface area contributed by atoms with Crippen LogP contribution in [0.5, 0.6) is 0 Å². The van der Waals surface area contributed by atoms with Crippen LogP contribution in [0.1, 0.15) is 23.7 Å². The van der Waals surface area contributed by atoms with Gasteiger partial charge in [0.15, 0.2) is 5.82 Å². The number of esters is 1. The quantitative estimate of drug-likeness (QED) is 0.432. The number of benzene rings is 1. The lowest BCUT2D eigenvalue weighted by atomic mass is 10.2. The first-order valence-electron chi connectivity index (χ1n) is 5.96. The van der Waals surface area contributed by atoms with Gasteiger partial charge in [-0.3, -0.25) is 0 Å². The third-order valence-electron chi connectivity index (χ3n) is 2.33. The van der Waals surface area contributed by atoms with Crippen molar-refractivity contribution in [2.24, 2.45) is 0 Å². The molecule has 0 aliphatic rings. The normalized spacial score (nSPS) is 11.4. The van der Waals surface area contributed by atoms with Gasteiger partial charge in [0.25, 0.3) is 9.05 Å². The molecule has 1 rings (SSSR count). The first kappa shape index (κ1) is 17.8. The minimum Gasteiger partial charge on any atom is -0.459 e. The van der Waals surface area contributed by atoms with Crippen LogP contribution in [0, 0.1) is 11.6 Å². The molecule has 0 N–H and O–H groups in total. The molecule has 0 aliphatic carbocycles. The summed E-state index contributed by atoms with van der Waals surface area (Å²) in [5.74, 6) is -4.15. The average Bonchev–Trinajstić information content (AvgIpc) is 2.37. The van der Waals surface area contributed by atoms with Crippen LogP contribution in [0.2, 0.25) is 0 Å². The van der Waals surface area contributed by atoms with Crippen molar-refractivity contribution in [1.29, 1.82) is 0 Å². The van der Waals surface area contributed by atoms with Crippen molar-refractivity contribution in [3.8, 4) is 0 Å². The van der Waals surface area contributed by atoms with Crippen molar-refractivity contribution >= 4 is 25.7 Å². The highest BCUT2D eigenvalue weighted by Crippen LogP contribution is 2.24. The topological polar surface area (TPSA) is 69.7 Å². The van der Waals surface area contributed by atoms with E-state index in [-0.39, 0.29) is 13.2 Å². The molecule has 0 bridgehead atoms. The zero-order valence-corrected chi connectivity index (χ0v) is 12.6. The predicted molar refractivity (Wildman–Crippen MR) is 70.8 cm³/mol. The molecule has 0 aromatic heterocycles. The van der Waals surface area contributed by atoms with Gasteiger partial charge in [0.1, 0.15) is 22.9 Å². The summed E-state index contributed by atoms with van der Waals surface area (Å²) >= 11 is 0. The van der Waals surface area contributed by atoms with Crippen LogP contribution in [-0.2, 0) is 18.5 Å². The molecule has 1 aromatic carbocycles. The van der Waals surface area contributed by atoms with Crippen molar-refractivity contribution in [2.45, 2.75) is 18.2 Å². The summed E-state index contributed by atoms with van der Waals surface area (Å²) in [6.45, 7) is 2.20. The number of hydrogen-bond acceptors (Lipinski definition) is 5. The lowest BCUT2D eigenvalue weighted by Gasteiger charge is -2.08. The van der Waals surface area contributed by atoms with Crippen LogP contribution in [0.25, 0.3) is 0 Å². The zero-order valence-electron chi connectivity index (χ0n) is 11.1. The number of hydrogen-bond donors (Lipinski definition) is 0. The Hall–Kier alpha value is -1.25. The molecule has 0 saturated heterocycles. The molecule has 0 atom stereocenters. The Kier molecular flexibility index (Phi) is 6.50. The van der Waals surface area contributed by atoms with Gasteiger partial charge in [0, 0.05) is 17.3 Å². The highest BCUT2D eigenvalue weighted by Gasteiger charge is 2.26. The molecule has 0 heterocycles. The molecule has 0 saturated carbocycles. The van der Waals surface area contributed by atoms with E-state index in [9.17, 15) is 22.0 Å². The molecule has 5 nitrogen and oxygen atoms in total. The third-order valence-corrected chi connectivity index (χ3v) is 3.67. The van der Waals surface area contributed by atoms with Crippen LogP contribution in [-0.4, -0.2) is 34.2 Å². The molecule has 0 radical (unpaired) electrons. The second-order valence-electron chi connectivity index (χ2n) is 3.92. The number of halogens is 3. The second kappa shape index (κ2) is 7.67. The largest absolute Gasteiger partial charge is 0.459 e. The van der Waals surface area contributed by atoms with Gasteiger partial charge in [-0.2, -0.15) is 0 Å². The van der Waals surface area contributed by atoms with E-state index in [0.29, 0.717) is 18.7 Å². The first-order chi connectivity index (χ1) is 9.79. The lowest BCUT2D eigenvalue weighted by molar-refractivity contribution is 0.0309. The summed E-state index contributed by atoms with van der Waals surface area (Å²) in [5.41, 5.74) is -1.10. The Bertz CT molecular complexity index is 618. The molecule has 0 fully saturated rings. The summed E-state index contributed by atoms with van der Waals surface area (Å²) in [7, 11) is 0.551. The molecule has 0 unspecified atom stereocenters. The molecule has 1 aromatic rings. The summed E-state index contributed by atoms with van der Waals surface area (Å²) in [6, 6.07) is 1.26. The molecule has 118 valence electrons. The molecule has 0 spiro atoms. The van der Waals surface area contributed by atoms with Gasteiger partial charge in [-0.05, 0) is 18.6 Å². The molecule has 0 aliphatic heterocycles. The van der Waals surface area contributed by atoms with Crippen molar-refractivity contribution in [3.05, 3.63) is 29.3 Å². The van der Waals surface area contributed by atoms with E-state index in [1.54, 1.807) is 0 Å². The highest BCUT2D eigenvalue weighted by molar-refractivity contribution is 8.13. The van der Waals surface area contributed by atoms with E-state index in [1.165, 1.54) is 0 Å². The van der Waals surface area contributed by atoms with E-state index in [1.807, 2.05) is 6.92 Å². The number of carbonyl (C=O) groups is 1. The van der Waals surface area contributed by atoms with Crippen LogP contribution >= 0.6 is 10.7 Å². The van der Waals surface area contributed by atoms with Crippen LogP contribution in [0.4, 0.5) is 8.78 Å². The number of rotatable bonds is 7. The third kappa shape index (κ3) is 4.90. The predicted octanol–water partition coefficient (Wildman–Crippen LogP) is 2.48. The van der Waals surface area contributed by atoms with Gasteiger partial charge in [-0.15, -0.1) is 0 Å². The van der Waals surface area contributed by atoms with E-state index < -0.39 is 37.1 Å². The fraction of sp³-hybridized carbons (Fsp3) is 0.417. The maximum absolute atomic E-state index is 13.9. The second-order valence-corrected chi connectivity index (χ2v) is 6.46. The molecule has 0 amide bonds. The van der Waals surface area contributed by atoms with Gasteiger partial charge >= 0.3 is 5.97 Å². The van der Waals surface area contributed by atoms with Crippen molar-refractivity contribution in [3.63, 3.8) is 0 Å².